The fourth-order valence-electron chi connectivity index (χ4n) is 1.40. The van der Waals surface area contributed by atoms with E-state index >= 15 is 0 Å². The van der Waals surface area contributed by atoms with Crippen molar-refractivity contribution in [3.63, 3.8) is 0 Å². The van der Waals surface area contributed by atoms with Gasteiger partial charge >= 0.3 is 0 Å². The predicted molar refractivity (Wildman–Crippen MR) is 66.3 cm³/mol. The van der Waals surface area contributed by atoms with Crippen LogP contribution in [0.2, 0.25) is 0 Å². The number of carbonyl (C=O) groups is 1. The van der Waals surface area contributed by atoms with E-state index in [0.717, 1.165) is 30.3 Å². The highest BCUT2D eigenvalue weighted by Crippen LogP contribution is 2.09. The van der Waals surface area contributed by atoms with Gasteiger partial charge in [-0.25, -0.2) is 8.78 Å². The summed E-state index contributed by atoms with van der Waals surface area (Å²) in [6, 6.07) is 3.13. The SMILES string of the molecule is CC(CCCBr)NC(=O)c1ccc(F)c(F)c1. The largest absolute Gasteiger partial charge is 0.350 e. The van der Waals surface area contributed by atoms with Crippen LogP contribution in [-0.2, 0) is 0 Å². The first-order valence-corrected chi connectivity index (χ1v) is 6.48. The molecule has 1 N–H and O–H groups in total. The zero-order valence-electron chi connectivity index (χ0n) is 9.47. The molecular formula is C12H14BrF2NO. The highest BCUT2D eigenvalue weighted by Gasteiger charge is 2.11. The Balaban J connectivity index is 2.60. The van der Waals surface area contributed by atoms with E-state index in [0.29, 0.717) is 0 Å². The fourth-order valence-corrected chi connectivity index (χ4v) is 1.72. The van der Waals surface area contributed by atoms with Gasteiger partial charge in [-0.3, -0.25) is 4.79 Å². The lowest BCUT2D eigenvalue weighted by molar-refractivity contribution is 0.0938. The van der Waals surface area contributed by atoms with Crippen LogP contribution in [0.5, 0.6) is 0 Å². The first kappa shape index (κ1) is 14.1. The topological polar surface area (TPSA) is 29.1 Å². The third-order valence-electron chi connectivity index (χ3n) is 2.33. The Kier molecular flexibility index (Phi) is 5.55. The molecule has 0 bridgehead atoms. The molecule has 1 rings (SSSR count). The summed E-state index contributed by atoms with van der Waals surface area (Å²) in [4.78, 5) is 11.7. The smallest absolute Gasteiger partial charge is 0.251 e. The van der Waals surface area contributed by atoms with Crippen molar-refractivity contribution in [1.82, 2.24) is 5.32 Å². The van der Waals surface area contributed by atoms with Gasteiger partial charge in [0, 0.05) is 16.9 Å². The molecule has 1 atom stereocenters. The second-order valence-corrected chi connectivity index (χ2v) is 4.63. The lowest BCUT2D eigenvalue weighted by Crippen LogP contribution is -2.32. The van der Waals surface area contributed by atoms with Gasteiger partial charge in [0.2, 0.25) is 0 Å². The Bertz CT molecular complexity index is 398. The first-order valence-electron chi connectivity index (χ1n) is 5.36. The van der Waals surface area contributed by atoms with Crippen LogP contribution in [0.1, 0.15) is 30.1 Å². The number of hydrogen-bond donors (Lipinski definition) is 1. The standard InChI is InChI=1S/C12H14BrF2NO/c1-8(3-2-6-13)16-12(17)9-4-5-10(14)11(15)7-9/h4-5,7-8H,2-3,6H2,1H3,(H,16,17). The van der Waals surface area contributed by atoms with E-state index in [1.165, 1.54) is 6.07 Å². The molecule has 17 heavy (non-hydrogen) atoms. The second-order valence-electron chi connectivity index (χ2n) is 3.83. The summed E-state index contributed by atoms with van der Waals surface area (Å²) < 4.78 is 25.6. The number of alkyl halides is 1. The molecule has 94 valence electrons. The van der Waals surface area contributed by atoms with Gasteiger partial charge < -0.3 is 5.32 Å². The van der Waals surface area contributed by atoms with Gasteiger partial charge in [0.25, 0.3) is 5.91 Å². The molecule has 0 saturated carbocycles. The van der Waals surface area contributed by atoms with Crippen molar-refractivity contribution < 1.29 is 13.6 Å². The molecule has 0 fully saturated rings. The number of carbonyl (C=O) groups excluding carboxylic acids is 1. The van der Waals surface area contributed by atoms with Crippen LogP contribution in [0.3, 0.4) is 0 Å². The van der Waals surface area contributed by atoms with E-state index in [2.05, 4.69) is 21.2 Å². The van der Waals surface area contributed by atoms with Gasteiger partial charge in [0.1, 0.15) is 0 Å². The zero-order chi connectivity index (χ0) is 12.8. The van der Waals surface area contributed by atoms with Gasteiger partial charge in [-0.2, -0.15) is 0 Å². The molecule has 5 heteroatoms. The van der Waals surface area contributed by atoms with E-state index in [-0.39, 0.29) is 17.5 Å². The molecule has 0 saturated heterocycles. The van der Waals surface area contributed by atoms with Gasteiger partial charge in [0.15, 0.2) is 11.6 Å². The van der Waals surface area contributed by atoms with Crippen molar-refractivity contribution >= 4 is 21.8 Å². The number of amides is 1. The molecule has 1 unspecified atom stereocenters. The molecule has 0 radical (unpaired) electrons. The minimum Gasteiger partial charge on any atom is -0.350 e. The summed E-state index contributed by atoms with van der Waals surface area (Å²) >= 11 is 3.30. The third kappa shape index (κ3) is 4.42. The number of benzene rings is 1. The van der Waals surface area contributed by atoms with Crippen LogP contribution in [0.4, 0.5) is 8.78 Å². The Hall–Kier alpha value is -0.970. The molecule has 0 aliphatic carbocycles. The minimum absolute atomic E-state index is 0.00756. The van der Waals surface area contributed by atoms with Gasteiger partial charge in [-0.05, 0) is 38.0 Å². The molecular weight excluding hydrogens is 292 g/mol. The van der Waals surface area contributed by atoms with E-state index in [1.54, 1.807) is 0 Å². The molecule has 0 aliphatic rings. The zero-order valence-corrected chi connectivity index (χ0v) is 11.1. The molecule has 0 aromatic heterocycles. The minimum atomic E-state index is -1.01. The van der Waals surface area contributed by atoms with Gasteiger partial charge in [-0.1, -0.05) is 15.9 Å². The average Bonchev–Trinajstić information content (AvgIpc) is 2.30. The van der Waals surface area contributed by atoms with Crippen molar-refractivity contribution in [2.45, 2.75) is 25.8 Å². The first-order chi connectivity index (χ1) is 8.04. The monoisotopic (exact) mass is 305 g/mol. The highest BCUT2D eigenvalue weighted by atomic mass is 79.9. The molecule has 0 aliphatic heterocycles. The van der Waals surface area contributed by atoms with Crippen LogP contribution in [0.15, 0.2) is 18.2 Å². The van der Waals surface area contributed by atoms with Crippen molar-refractivity contribution in [3.8, 4) is 0 Å². The molecule has 2 nitrogen and oxygen atoms in total. The van der Waals surface area contributed by atoms with E-state index in [9.17, 15) is 13.6 Å². The van der Waals surface area contributed by atoms with Crippen LogP contribution >= 0.6 is 15.9 Å². The Morgan fingerprint density at radius 1 is 1.41 bits per heavy atom. The molecule has 1 aromatic rings. The lowest BCUT2D eigenvalue weighted by Gasteiger charge is -2.13. The third-order valence-corrected chi connectivity index (χ3v) is 2.89. The van der Waals surface area contributed by atoms with Crippen molar-refractivity contribution in [1.29, 1.82) is 0 Å². The quantitative estimate of drug-likeness (QED) is 0.831. The normalized spacial score (nSPS) is 12.2. The summed E-state index contributed by atoms with van der Waals surface area (Å²) in [6.45, 7) is 1.88. The van der Waals surface area contributed by atoms with Crippen molar-refractivity contribution in [2.75, 3.05) is 5.33 Å². The molecule has 0 heterocycles. The number of rotatable bonds is 5. The maximum atomic E-state index is 12.9. The van der Waals surface area contributed by atoms with Crippen molar-refractivity contribution in [3.05, 3.63) is 35.4 Å². The van der Waals surface area contributed by atoms with E-state index in [1.807, 2.05) is 6.92 Å². The summed E-state index contributed by atoms with van der Waals surface area (Å²) in [6.07, 6.45) is 1.78. The second kappa shape index (κ2) is 6.69. The Morgan fingerprint density at radius 3 is 2.71 bits per heavy atom. The van der Waals surface area contributed by atoms with Crippen LogP contribution in [0.25, 0.3) is 0 Å². The van der Waals surface area contributed by atoms with E-state index < -0.39 is 11.6 Å². The fraction of sp³-hybridized carbons (Fsp3) is 0.417. The average molecular weight is 306 g/mol. The summed E-state index contributed by atoms with van der Waals surface area (Å²) in [5, 5.41) is 3.60. The number of halogens is 3. The lowest BCUT2D eigenvalue weighted by atomic mass is 10.1. The van der Waals surface area contributed by atoms with Crippen molar-refractivity contribution in [2.24, 2.45) is 0 Å². The maximum Gasteiger partial charge on any atom is 0.251 e. The summed E-state index contributed by atoms with van der Waals surface area (Å²) in [7, 11) is 0. The number of hydrogen-bond acceptors (Lipinski definition) is 1. The van der Waals surface area contributed by atoms with Crippen LogP contribution in [-0.4, -0.2) is 17.3 Å². The maximum absolute atomic E-state index is 12.9. The predicted octanol–water partition coefficient (Wildman–Crippen LogP) is 3.26. The van der Waals surface area contributed by atoms with Gasteiger partial charge in [-0.15, -0.1) is 0 Å². The molecule has 1 amide bonds. The highest BCUT2D eigenvalue weighted by molar-refractivity contribution is 9.09. The summed E-state index contributed by atoms with van der Waals surface area (Å²) in [5.41, 5.74) is 0.134. The number of nitrogens with one attached hydrogen (secondary N) is 1. The Labute approximate surface area is 108 Å². The van der Waals surface area contributed by atoms with Crippen LogP contribution in [0, 0.1) is 11.6 Å². The van der Waals surface area contributed by atoms with Crippen LogP contribution < -0.4 is 5.32 Å². The Morgan fingerprint density at radius 2 is 2.12 bits per heavy atom. The summed E-state index contributed by atoms with van der Waals surface area (Å²) in [5.74, 6) is -2.34. The molecule has 0 spiro atoms. The van der Waals surface area contributed by atoms with E-state index in [4.69, 9.17) is 0 Å². The van der Waals surface area contributed by atoms with Gasteiger partial charge in [0.05, 0.1) is 0 Å². The molecule has 1 aromatic carbocycles.